The zero-order valence-corrected chi connectivity index (χ0v) is 9.40. The third-order valence-corrected chi connectivity index (χ3v) is 3.47. The average Bonchev–Trinajstić information content (AvgIpc) is 3.06. The fraction of sp³-hybridized carbons (Fsp3) is 0.385. The van der Waals surface area contributed by atoms with Crippen LogP contribution in [0.3, 0.4) is 0 Å². The normalized spacial score (nSPS) is 15.9. The number of aryl methyl sites for hydroxylation is 1. The molecule has 1 aromatic heterocycles. The standard InChI is InChI=1S/C13H16N2O/c1-8-11-6-10(16)4-5-12(11)15(9-2-3-9)13(8)7-14/h4-6,9,16H,2-3,7,14H2,1H3. The van der Waals surface area contributed by atoms with Crippen LogP contribution in [-0.4, -0.2) is 9.67 Å². The van der Waals surface area contributed by atoms with Crippen LogP contribution in [0.15, 0.2) is 18.2 Å². The van der Waals surface area contributed by atoms with Gasteiger partial charge in [-0.25, -0.2) is 0 Å². The molecule has 0 atom stereocenters. The van der Waals surface area contributed by atoms with Crippen molar-refractivity contribution >= 4 is 10.9 Å². The number of phenols is 1. The van der Waals surface area contributed by atoms with Gasteiger partial charge in [-0.15, -0.1) is 0 Å². The van der Waals surface area contributed by atoms with Crippen LogP contribution in [0.4, 0.5) is 0 Å². The molecule has 1 fully saturated rings. The van der Waals surface area contributed by atoms with E-state index >= 15 is 0 Å². The summed E-state index contributed by atoms with van der Waals surface area (Å²) in [6.07, 6.45) is 2.49. The quantitative estimate of drug-likeness (QED) is 0.810. The van der Waals surface area contributed by atoms with E-state index < -0.39 is 0 Å². The molecule has 84 valence electrons. The van der Waals surface area contributed by atoms with Crippen LogP contribution in [0.2, 0.25) is 0 Å². The summed E-state index contributed by atoms with van der Waals surface area (Å²) in [5, 5.41) is 10.7. The monoisotopic (exact) mass is 216 g/mol. The highest BCUT2D eigenvalue weighted by Gasteiger charge is 2.28. The van der Waals surface area contributed by atoms with E-state index in [1.54, 1.807) is 6.07 Å². The van der Waals surface area contributed by atoms with Crippen LogP contribution in [0.5, 0.6) is 5.75 Å². The number of benzene rings is 1. The van der Waals surface area contributed by atoms with Crippen LogP contribution in [0.25, 0.3) is 10.9 Å². The van der Waals surface area contributed by atoms with Crippen LogP contribution in [-0.2, 0) is 6.54 Å². The predicted molar refractivity (Wildman–Crippen MR) is 64.5 cm³/mol. The zero-order valence-electron chi connectivity index (χ0n) is 9.40. The Bertz CT molecular complexity index is 553. The van der Waals surface area contributed by atoms with E-state index in [0.717, 1.165) is 5.39 Å². The van der Waals surface area contributed by atoms with Gasteiger partial charge < -0.3 is 15.4 Å². The van der Waals surface area contributed by atoms with Gasteiger partial charge >= 0.3 is 0 Å². The van der Waals surface area contributed by atoms with E-state index in [-0.39, 0.29) is 0 Å². The first kappa shape index (κ1) is 9.73. The molecule has 3 nitrogen and oxygen atoms in total. The molecule has 1 saturated carbocycles. The Kier molecular flexibility index (Phi) is 1.98. The number of nitrogens with zero attached hydrogens (tertiary/aromatic N) is 1. The Balaban J connectivity index is 2.36. The number of fused-ring (bicyclic) bond motifs is 1. The summed E-state index contributed by atoms with van der Waals surface area (Å²) >= 11 is 0. The molecular weight excluding hydrogens is 200 g/mol. The van der Waals surface area contributed by atoms with Crippen molar-refractivity contribution in [2.45, 2.75) is 32.4 Å². The van der Waals surface area contributed by atoms with Crippen molar-refractivity contribution in [3.8, 4) is 5.75 Å². The van der Waals surface area contributed by atoms with Crippen LogP contribution >= 0.6 is 0 Å². The Morgan fingerprint density at radius 2 is 2.19 bits per heavy atom. The molecule has 3 rings (SSSR count). The van der Waals surface area contributed by atoms with E-state index in [4.69, 9.17) is 5.73 Å². The van der Waals surface area contributed by atoms with E-state index in [0.29, 0.717) is 18.3 Å². The zero-order chi connectivity index (χ0) is 11.3. The van der Waals surface area contributed by atoms with E-state index in [1.807, 2.05) is 12.1 Å². The van der Waals surface area contributed by atoms with Crippen molar-refractivity contribution in [1.82, 2.24) is 4.57 Å². The Labute approximate surface area is 94.5 Å². The van der Waals surface area contributed by atoms with Crippen molar-refractivity contribution < 1.29 is 5.11 Å². The summed E-state index contributed by atoms with van der Waals surface area (Å²) in [5.74, 6) is 0.326. The minimum atomic E-state index is 0.326. The van der Waals surface area contributed by atoms with Gasteiger partial charge in [0, 0.05) is 29.2 Å². The van der Waals surface area contributed by atoms with Crippen molar-refractivity contribution in [1.29, 1.82) is 0 Å². The molecule has 3 N–H and O–H groups in total. The van der Waals surface area contributed by atoms with Gasteiger partial charge in [0.05, 0.1) is 0 Å². The van der Waals surface area contributed by atoms with Crippen molar-refractivity contribution in [3.63, 3.8) is 0 Å². The largest absolute Gasteiger partial charge is 0.508 e. The van der Waals surface area contributed by atoms with Gasteiger partial charge in [0.1, 0.15) is 5.75 Å². The molecule has 16 heavy (non-hydrogen) atoms. The summed E-state index contributed by atoms with van der Waals surface area (Å²) in [7, 11) is 0. The number of phenolic OH excluding ortho intramolecular Hbond substituents is 1. The van der Waals surface area contributed by atoms with Crippen molar-refractivity contribution in [2.75, 3.05) is 0 Å². The topological polar surface area (TPSA) is 51.2 Å². The molecule has 0 aliphatic heterocycles. The average molecular weight is 216 g/mol. The van der Waals surface area contributed by atoms with Gasteiger partial charge in [-0.1, -0.05) is 0 Å². The molecule has 0 spiro atoms. The van der Waals surface area contributed by atoms with E-state index in [2.05, 4.69) is 11.5 Å². The maximum absolute atomic E-state index is 9.54. The molecule has 0 bridgehead atoms. The van der Waals surface area contributed by atoms with Gasteiger partial charge in [-0.05, 0) is 43.5 Å². The first-order valence-corrected chi connectivity index (χ1v) is 5.75. The number of hydrogen-bond donors (Lipinski definition) is 2. The highest BCUT2D eigenvalue weighted by atomic mass is 16.3. The van der Waals surface area contributed by atoms with Crippen LogP contribution in [0, 0.1) is 6.92 Å². The van der Waals surface area contributed by atoms with Crippen molar-refractivity contribution in [3.05, 3.63) is 29.5 Å². The van der Waals surface area contributed by atoms with Gasteiger partial charge in [0.15, 0.2) is 0 Å². The summed E-state index contributed by atoms with van der Waals surface area (Å²) in [6.45, 7) is 2.65. The summed E-state index contributed by atoms with van der Waals surface area (Å²) < 4.78 is 2.35. The molecule has 2 aromatic rings. The Morgan fingerprint density at radius 1 is 1.44 bits per heavy atom. The Hall–Kier alpha value is -1.48. The SMILES string of the molecule is Cc1c(CN)n(C2CC2)c2ccc(O)cc12. The van der Waals surface area contributed by atoms with Gasteiger partial charge in [0.2, 0.25) is 0 Å². The lowest BCUT2D eigenvalue weighted by molar-refractivity contribution is 0.476. The maximum atomic E-state index is 9.54. The number of aromatic nitrogens is 1. The molecule has 1 aliphatic rings. The molecule has 0 saturated heterocycles. The predicted octanol–water partition coefficient (Wildman–Crippen LogP) is 2.45. The van der Waals surface area contributed by atoms with Crippen LogP contribution in [0.1, 0.15) is 30.1 Å². The highest BCUT2D eigenvalue weighted by molar-refractivity contribution is 5.87. The van der Waals surface area contributed by atoms with Crippen molar-refractivity contribution in [2.24, 2.45) is 5.73 Å². The lowest BCUT2D eigenvalue weighted by Crippen LogP contribution is -2.06. The second kappa shape index (κ2) is 3.25. The van der Waals surface area contributed by atoms with Gasteiger partial charge in [-0.2, -0.15) is 0 Å². The summed E-state index contributed by atoms with van der Waals surface area (Å²) in [6, 6.07) is 6.21. The molecule has 1 aliphatic carbocycles. The third kappa shape index (κ3) is 1.25. The number of rotatable bonds is 2. The molecule has 3 heteroatoms. The number of aromatic hydroxyl groups is 1. The minimum absolute atomic E-state index is 0.326. The first-order chi connectivity index (χ1) is 7.72. The summed E-state index contributed by atoms with van der Waals surface area (Å²) in [5.41, 5.74) is 9.46. The molecule has 0 radical (unpaired) electrons. The number of hydrogen-bond acceptors (Lipinski definition) is 2. The third-order valence-electron chi connectivity index (χ3n) is 3.47. The minimum Gasteiger partial charge on any atom is -0.508 e. The smallest absolute Gasteiger partial charge is 0.116 e. The first-order valence-electron chi connectivity index (χ1n) is 5.75. The molecule has 1 aromatic carbocycles. The second-order valence-electron chi connectivity index (χ2n) is 4.58. The fourth-order valence-electron chi connectivity index (χ4n) is 2.52. The molecule has 0 amide bonds. The maximum Gasteiger partial charge on any atom is 0.116 e. The lowest BCUT2D eigenvalue weighted by Gasteiger charge is -2.07. The molecular formula is C13H16N2O. The van der Waals surface area contributed by atoms with Crippen LogP contribution < -0.4 is 5.73 Å². The van der Waals surface area contributed by atoms with E-state index in [1.165, 1.54) is 29.6 Å². The number of nitrogens with two attached hydrogens (primary N) is 1. The van der Waals surface area contributed by atoms with Gasteiger partial charge in [0.25, 0.3) is 0 Å². The fourth-order valence-corrected chi connectivity index (χ4v) is 2.52. The lowest BCUT2D eigenvalue weighted by atomic mass is 10.1. The van der Waals surface area contributed by atoms with E-state index in [9.17, 15) is 5.11 Å². The second-order valence-corrected chi connectivity index (χ2v) is 4.58. The molecule has 0 unspecified atom stereocenters. The van der Waals surface area contributed by atoms with Gasteiger partial charge in [-0.3, -0.25) is 0 Å². The Morgan fingerprint density at radius 3 is 2.81 bits per heavy atom. The molecule has 1 heterocycles. The summed E-state index contributed by atoms with van der Waals surface area (Å²) in [4.78, 5) is 0. The highest BCUT2D eigenvalue weighted by Crippen LogP contribution is 2.41.